The van der Waals surface area contributed by atoms with Crippen LogP contribution in [0.5, 0.6) is 0 Å². The van der Waals surface area contributed by atoms with Crippen LogP contribution in [0.1, 0.15) is 67.3 Å². The highest BCUT2D eigenvalue weighted by atomic mass is 32.2. The molecule has 0 radical (unpaired) electrons. The predicted molar refractivity (Wildman–Crippen MR) is 217 cm³/mol. The molecule has 0 saturated heterocycles. The highest BCUT2D eigenvalue weighted by Gasteiger charge is 2.37. The van der Waals surface area contributed by atoms with E-state index < -0.39 is 29.0 Å². The highest BCUT2D eigenvalue weighted by molar-refractivity contribution is 8.00. The van der Waals surface area contributed by atoms with E-state index >= 15 is 0 Å². The second-order valence-corrected chi connectivity index (χ2v) is 15.2. The number of nitrogens with one attached hydrogen (secondary N) is 1. The van der Waals surface area contributed by atoms with Gasteiger partial charge in [0, 0.05) is 12.3 Å². The number of ether oxygens (including phenoxy) is 2. The maximum atomic E-state index is 13.5. The van der Waals surface area contributed by atoms with Crippen LogP contribution in [-0.4, -0.2) is 42.4 Å². The number of thioether (sulfide) groups is 1. The summed E-state index contributed by atoms with van der Waals surface area (Å²) in [6, 6.07) is 46.9. The first-order valence-corrected chi connectivity index (χ1v) is 19.5. The van der Waals surface area contributed by atoms with Gasteiger partial charge in [-0.25, -0.2) is 9.59 Å². The number of hydrogen-bond donors (Lipinski definition) is 1. The summed E-state index contributed by atoms with van der Waals surface area (Å²) in [4.78, 5) is 39.0. The summed E-state index contributed by atoms with van der Waals surface area (Å²) in [5.41, 5.74) is 8.03. The lowest BCUT2D eigenvalue weighted by molar-refractivity contribution is -0.151. The van der Waals surface area contributed by atoms with Crippen LogP contribution in [0.2, 0.25) is 0 Å². The molecule has 54 heavy (non-hydrogen) atoms. The first-order chi connectivity index (χ1) is 26.3. The van der Waals surface area contributed by atoms with E-state index in [2.05, 4.69) is 102 Å². The van der Waals surface area contributed by atoms with Crippen LogP contribution in [0, 0.1) is 5.92 Å². The number of carbonyl (C=O) groups is 3. The van der Waals surface area contributed by atoms with E-state index in [1.54, 1.807) is 6.08 Å². The number of rotatable bonds is 16. The molecule has 1 N–H and O–H groups in total. The van der Waals surface area contributed by atoms with E-state index in [1.165, 1.54) is 23.6 Å². The smallest absolute Gasteiger partial charge is 0.407 e. The first kappa shape index (κ1) is 38.3. The number of alkyl carbamates (subject to hydrolysis) is 1. The van der Waals surface area contributed by atoms with Crippen LogP contribution >= 0.6 is 11.8 Å². The van der Waals surface area contributed by atoms with E-state index in [4.69, 9.17) is 9.47 Å². The molecule has 7 heteroatoms. The standard InChI is InChI=1S/C47H47NO5S/c1-33(2)44(48-46(51)52-32-43-41-28-15-13-26-39(41)40-27-14-16-29-42(40)43)45(50)53-38(31-34(3)49)25-17-18-30-54-47(35-19-7-4-8-20-35,36-21-9-5-10-22-36)37-23-11-6-12-24-37/h4-17,19-29,33,38,43-44H,18,30-32H2,1-3H3,(H,48,51)/b25-17+/t38-,44+/m0/s1. The van der Waals surface area contributed by atoms with Crippen LogP contribution in [0.4, 0.5) is 4.79 Å². The zero-order chi connectivity index (χ0) is 37.9. The molecule has 0 spiro atoms. The molecule has 5 aromatic carbocycles. The minimum atomic E-state index is -0.956. The summed E-state index contributed by atoms with van der Waals surface area (Å²) in [7, 11) is 0. The molecule has 1 aliphatic rings. The van der Waals surface area contributed by atoms with Crippen molar-refractivity contribution >= 4 is 29.6 Å². The second kappa shape index (κ2) is 18.1. The van der Waals surface area contributed by atoms with Gasteiger partial charge in [-0.05, 0) is 70.0 Å². The maximum absolute atomic E-state index is 13.5. The number of ketones is 1. The molecule has 0 aromatic heterocycles. The Morgan fingerprint density at radius 3 is 1.69 bits per heavy atom. The Kier molecular flexibility index (Phi) is 12.8. The van der Waals surface area contributed by atoms with Crippen molar-refractivity contribution in [2.75, 3.05) is 12.4 Å². The van der Waals surface area contributed by atoms with Gasteiger partial charge < -0.3 is 14.8 Å². The quantitative estimate of drug-likeness (QED) is 0.0470. The van der Waals surface area contributed by atoms with Crippen molar-refractivity contribution in [3.8, 4) is 11.1 Å². The molecule has 5 aromatic rings. The molecular formula is C47H47NO5S. The zero-order valence-electron chi connectivity index (χ0n) is 31.0. The molecule has 2 atom stereocenters. The molecule has 1 amide bonds. The Morgan fingerprint density at radius 1 is 0.722 bits per heavy atom. The number of fused-ring (bicyclic) bond motifs is 3. The third kappa shape index (κ3) is 8.86. The molecule has 1 aliphatic carbocycles. The van der Waals surface area contributed by atoms with Crippen LogP contribution in [0.15, 0.2) is 152 Å². The van der Waals surface area contributed by atoms with E-state index in [-0.39, 0.29) is 30.6 Å². The van der Waals surface area contributed by atoms with Gasteiger partial charge in [0.1, 0.15) is 24.5 Å². The number of Topliss-reactive ketones (excluding diaryl/α,β-unsaturated/α-hetero) is 1. The van der Waals surface area contributed by atoms with Gasteiger partial charge in [0.05, 0.1) is 4.75 Å². The summed E-state index contributed by atoms with van der Waals surface area (Å²) in [5, 5.41) is 2.74. The van der Waals surface area contributed by atoms with E-state index in [0.29, 0.717) is 6.42 Å². The first-order valence-electron chi connectivity index (χ1n) is 18.6. The number of benzene rings is 5. The lowest BCUT2D eigenvalue weighted by Crippen LogP contribution is -2.46. The molecule has 0 heterocycles. The summed E-state index contributed by atoms with van der Waals surface area (Å²) in [5.74, 6) is -0.338. The fourth-order valence-electron chi connectivity index (χ4n) is 7.22. The van der Waals surface area contributed by atoms with Crippen molar-refractivity contribution in [1.29, 1.82) is 0 Å². The minimum absolute atomic E-state index is 0.0348. The molecular weight excluding hydrogens is 691 g/mol. The molecule has 6 nitrogen and oxygen atoms in total. The Morgan fingerprint density at radius 2 is 1.20 bits per heavy atom. The normalized spacial score (nSPS) is 13.6. The third-order valence-corrected chi connectivity index (χ3v) is 11.4. The summed E-state index contributed by atoms with van der Waals surface area (Å²) in [6.45, 7) is 5.28. The maximum Gasteiger partial charge on any atom is 0.407 e. The van der Waals surface area contributed by atoms with Crippen LogP contribution in [-0.2, 0) is 23.8 Å². The van der Waals surface area contributed by atoms with Gasteiger partial charge in [0.25, 0.3) is 0 Å². The fourth-order valence-corrected chi connectivity index (χ4v) is 8.68. The monoisotopic (exact) mass is 737 g/mol. The van der Waals surface area contributed by atoms with Gasteiger partial charge in [-0.15, -0.1) is 11.8 Å². The topological polar surface area (TPSA) is 81.7 Å². The number of hydrogen-bond acceptors (Lipinski definition) is 6. The molecule has 0 bridgehead atoms. The van der Waals surface area contributed by atoms with Gasteiger partial charge in [0.15, 0.2) is 0 Å². The lowest BCUT2D eigenvalue weighted by Gasteiger charge is -2.35. The average molecular weight is 738 g/mol. The molecule has 0 saturated carbocycles. The van der Waals surface area contributed by atoms with Crippen molar-refractivity contribution in [2.45, 2.75) is 56.4 Å². The Bertz CT molecular complexity index is 1900. The van der Waals surface area contributed by atoms with Crippen molar-refractivity contribution in [3.63, 3.8) is 0 Å². The van der Waals surface area contributed by atoms with Crippen LogP contribution < -0.4 is 5.32 Å². The van der Waals surface area contributed by atoms with Crippen molar-refractivity contribution in [3.05, 3.63) is 179 Å². The molecule has 0 aliphatic heterocycles. The number of carbonyl (C=O) groups excluding carboxylic acids is 3. The number of amides is 1. The van der Waals surface area contributed by atoms with Crippen molar-refractivity contribution in [1.82, 2.24) is 5.32 Å². The van der Waals surface area contributed by atoms with Gasteiger partial charge in [-0.3, -0.25) is 4.79 Å². The highest BCUT2D eigenvalue weighted by Crippen LogP contribution is 2.49. The van der Waals surface area contributed by atoms with Crippen molar-refractivity contribution in [2.24, 2.45) is 5.92 Å². The SMILES string of the molecule is CC(=O)C[C@H](/C=C/CCSC(c1ccccc1)(c1ccccc1)c1ccccc1)OC(=O)[C@H](NC(=O)OCC1c2ccccc2-c2ccccc21)C(C)C. The van der Waals surface area contributed by atoms with Gasteiger partial charge in [-0.1, -0.05) is 159 Å². The van der Waals surface area contributed by atoms with Crippen LogP contribution in [0.25, 0.3) is 11.1 Å². The molecule has 0 fully saturated rings. The third-order valence-electron chi connectivity index (χ3n) is 9.79. The lowest BCUT2D eigenvalue weighted by atomic mass is 9.84. The largest absolute Gasteiger partial charge is 0.456 e. The number of esters is 1. The second-order valence-electron chi connectivity index (χ2n) is 13.9. The summed E-state index contributed by atoms with van der Waals surface area (Å²) >= 11 is 1.84. The average Bonchev–Trinajstić information content (AvgIpc) is 3.51. The zero-order valence-corrected chi connectivity index (χ0v) is 31.8. The summed E-state index contributed by atoms with van der Waals surface area (Å²) in [6.07, 6.45) is 3.02. The molecule has 276 valence electrons. The van der Waals surface area contributed by atoms with E-state index in [0.717, 1.165) is 28.0 Å². The molecule has 0 unspecified atom stereocenters. The Balaban J connectivity index is 1.10. The minimum Gasteiger partial charge on any atom is -0.456 e. The Hall–Kier alpha value is -5.40. The van der Waals surface area contributed by atoms with E-state index in [1.807, 2.05) is 74.1 Å². The molecule has 6 rings (SSSR count). The summed E-state index contributed by atoms with van der Waals surface area (Å²) < 4.78 is 11.2. The number of allylic oxidation sites excluding steroid dienone is 1. The van der Waals surface area contributed by atoms with Crippen molar-refractivity contribution < 1.29 is 23.9 Å². The van der Waals surface area contributed by atoms with Gasteiger partial charge in [-0.2, -0.15) is 0 Å². The van der Waals surface area contributed by atoms with Crippen LogP contribution in [0.3, 0.4) is 0 Å². The van der Waals surface area contributed by atoms with E-state index in [9.17, 15) is 14.4 Å². The predicted octanol–water partition coefficient (Wildman–Crippen LogP) is 10.1. The van der Waals surface area contributed by atoms with Gasteiger partial charge >= 0.3 is 12.1 Å². The fraction of sp³-hybridized carbons (Fsp3) is 0.255. The Labute approximate surface area is 323 Å². The van der Waals surface area contributed by atoms with Gasteiger partial charge in [0.2, 0.25) is 0 Å².